The van der Waals surface area contributed by atoms with Crippen LogP contribution in [0.5, 0.6) is 17.2 Å². The monoisotopic (exact) mass is 507 g/mol. The van der Waals surface area contributed by atoms with Crippen molar-refractivity contribution in [2.45, 2.75) is 38.5 Å². The van der Waals surface area contributed by atoms with E-state index in [0.29, 0.717) is 47.6 Å². The van der Waals surface area contributed by atoms with Crippen molar-refractivity contribution >= 4 is 11.8 Å². The molecule has 0 spiro atoms. The Morgan fingerprint density at radius 1 is 1.05 bits per heavy atom. The summed E-state index contributed by atoms with van der Waals surface area (Å²) >= 11 is 0. The highest BCUT2D eigenvalue weighted by atomic mass is 16.6. The molecule has 2 aromatic rings. The fraction of sp³-hybridized carbons (Fsp3) is 0.379. The molecule has 0 radical (unpaired) electrons. The number of benzene rings is 2. The number of rotatable bonds is 9. The SMILES string of the molecule is CCOc1cc([C@H]2C(C(=O)OCCOC)=C(C)NC3=C2C(=O)C[C@@H](c2ccc(OC)cc2)C3)ccc1O. The number of phenols is 1. The van der Waals surface area contributed by atoms with Crippen LogP contribution in [0.15, 0.2) is 65.0 Å². The number of carbonyl (C=O) groups is 2. The molecule has 1 aliphatic carbocycles. The van der Waals surface area contributed by atoms with Crippen molar-refractivity contribution in [3.8, 4) is 17.2 Å². The molecule has 4 rings (SSSR count). The van der Waals surface area contributed by atoms with Gasteiger partial charge in [0.05, 0.1) is 25.9 Å². The van der Waals surface area contributed by atoms with Crippen molar-refractivity contribution in [1.29, 1.82) is 0 Å². The molecule has 0 saturated carbocycles. The number of methoxy groups -OCH3 is 2. The minimum atomic E-state index is -0.657. The number of Topliss-reactive ketones (excluding diaryl/α,β-unsaturated/α-hetero) is 1. The average Bonchev–Trinajstić information content (AvgIpc) is 2.89. The van der Waals surface area contributed by atoms with Gasteiger partial charge in [0, 0.05) is 36.4 Å². The highest BCUT2D eigenvalue weighted by molar-refractivity contribution is 6.04. The number of carbonyl (C=O) groups excluding carboxylic acids is 2. The third-order valence-corrected chi connectivity index (χ3v) is 6.77. The smallest absolute Gasteiger partial charge is 0.336 e. The molecule has 2 atom stereocenters. The van der Waals surface area contributed by atoms with Crippen LogP contribution in [0, 0.1) is 0 Å². The lowest BCUT2D eigenvalue weighted by Gasteiger charge is -2.36. The molecule has 0 saturated heterocycles. The van der Waals surface area contributed by atoms with E-state index in [1.807, 2.05) is 38.1 Å². The average molecular weight is 508 g/mol. The predicted octanol–water partition coefficient (Wildman–Crippen LogP) is 4.35. The molecule has 0 aromatic heterocycles. The Morgan fingerprint density at radius 3 is 2.46 bits per heavy atom. The summed E-state index contributed by atoms with van der Waals surface area (Å²) in [5, 5.41) is 13.6. The van der Waals surface area contributed by atoms with E-state index in [1.165, 1.54) is 13.2 Å². The van der Waals surface area contributed by atoms with Gasteiger partial charge in [-0.05, 0) is 61.6 Å². The lowest BCUT2D eigenvalue weighted by Crippen LogP contribution is -2.36. The molecule has 37 heavy (non-hydrogen) atoms. The van der Waals surface area contributed by atoms with Gasteiger partial charge in [-0.2, -0.15) is 0 Å². The Balaban J connectivity index is 1.76. The van der Waals surface area contributed by atoms with Crippen molar-refractivity contribution in [1.82, 2.24) is 5.32 Å². The molecule has 0 bridgehead atoms. The predicted molar refractivity (Wildman–Crippen MR) is 138 cm³/mol. The Labute approximate surface area is 216 Å². The van der Waals surface area contributed by atoms with E-state index >= 15 is 0 Å². The number of dihydropyridines is 1. The summed E-state index contributed by atoms with van der Waals surface area (Å²) in [6.07, 6.45) is 0.925. The molecule has 8 heteroatoms. The lowest BCUT2D eigenvalue weighted by molar-refractivity contribution is -0.140. The van der Waals surface area contributed by atoms with Crippen LogP contribution >= 0.6 is 0 Å². The Bertz CT molecular complexity index is 1230. The number of esters is 1. The van der Waals surface area contributed by atoms with E-state index in [4.69, 9.17) is 18.9 Å². The molecule has 0 fully saturated rings. The zero-order valence-electron chi connectivity index (χ0n) is 21.6. The van der Waals surface area contributed by atoms with Crippen molar-refractivity contribution in [2.24, 2.45) is 0 Å². The first kappa shape index (κ1) is 26.3. The van der Waals surface area contributed by atoms with E-state index in [1.54, 1.807) is 19.2 Å². The zero-order chi connectivity index (χ0) is 26.5. The van der Waals surface area contributed by atoms with E-state index in [0.717, 1.165) is 17.0 Å². The molecular formula is C29H33NO7. The van der Waals surface area contributed by atoms with E-state index in [2.05, 4.69) is 5.32 Å². The second-order valence-electron chi connectivity index (χ2n) is 9.08. The van der Waals surface area contributed by atoms with Gasteiger partial charge in [0.15, 0.2) is 17.3 Å². The van der Waals surface area contributed by atoms with Gasteiger partial charge in [-0.15, -0.1) is 0 Å². The molecule has 2 N–H and O–H groups in total. The van der Waals surface area contributed by atoms with Crippen LogP contribution in [0.1, 0.15) is 49.7 Å². The molecule has 2 aromatic carbocycles. The molecule has 8 nitrogen and oxygen atoms in total. The molecule has 0 unspecified atom stereocenters. The number of nitrogens with one attached hydrogen (secondary N) is 1. The summed E-state index contributed by atoms with van der Waals surface area (Å²) in [6, 6.07) is 12.7. The van der Waals surface area contributed by atoms with Crippen molar-refractivity contribution < 1.29 is 33.6 Å². The maximum absolute atomic E-state index is 13.7. The third kappa shape index (κ3) is 5.49. The van der Waals surface area contributed by atoms with Gasteiger partial charge in [0.25, 0.3) is 0 Å². The second kappa shape index (κ2) is 11.5. The topological polar surface area (TPSA) is 103 Å². The number of ether oxygens (including phenoxy) is 4. The maximum atomic E-state index is 13.7. The second-order valence-corrected chi connectivity index (χ2v) is 9.08. The van der Waals surface area contributed by atoms with E-state index in [-0.39, 0.29) is 30.7 Å². The van der Waals surface area contributed by atoms with Crippen LogP contribution in [0.4, 0.5) is 0 Å². The number of hydrogen-bond donors (Lipinski definition) is 2. The Hall–Kier alpha value is -3.78. The van der Waals surface area contributed by atoms with Gasteiger partial charge in [-0.25, -0.2) is 4.79 Å². The molecule has 1 heterocycles. The fourth-order valence-corrected chi connectivity index (χ4v) is 5.03. The first-order chi connectivity index (χ1) is 17.9. The van der Waals surface area contributed by atoms with Gasteiger partial charge in [0.1, 0.15) is 12.4 Å². The first-order valence-corrected chi connectivity index (χ1v) is 12.4. The van der Waals surface area contributed by atoms with Crippen LogP contribution in [-0.4, -0.2) is 50.9 Å². The zero-order valence-corrected chi connectivity index (χ0v) is 21.6. The van der Waals surface area contributed by atoms with Gasteiger partial charge in [-0.3, -0.25) is 4.79 Å². The standard InChI is InChI=1S/C29H33NO7/c1-5-36-25-16-19(8-11-23(25)31)27-26(29(33)37-13-12-34-3)17(2)30-22-14-20(15-24(32)28(22)27)18-6-9-21(35-4)10-7-18/h6-11,16,20,27,30-31H,5,12-15H2,1-4H3/t20-,27-/m0/s1. The normalized spacial score (nSPS) is 19.3. The number of allylic oxidation sites excluding steroid dienone is 3. The van der Waals surface area contributed by atoms with Gasteiger partial charge in [-0.1, -0.05) is 18.2 Å². The first-order valence-electron chi connectivity index (χ1n) is 12.4. The van der Waals surface area contributed by atoms with Gasteiger partial charge < -0.3 is 29.4 Å². The minimum Gasteiger partial charge on any atom is -0.504 e. The summed E-state index contributed by atoms with van der Waals surface area (Å²) < 4.78 is 21.4. The summed E-state index contributed by atoms with van der Waals surface area (Å²) in [4.78, 5) is 27.0. The fourth-order valence-electron chi connectivity index (χ4n) is 5.03. The van der Waals surface area contributed by atoms with E-state index in [9.17, 15) is 14.7 Å². The molecule has 196 valence electrons. The van der Waals surface area contributed by atoms with Crippen molar-refractivity contribution in [3.63, 3.8) is 0 Å². The molecular weight excluding hydrogens is 474 g/mol. The minimum absolute atomic E-state index is 0.00630. The summed E-state index contributed by atoms with van der Waals surface area (Å²) in [7, 11) is 3.15. The molecule has 0 amide bonds. The highest BCUT2D eigenvalue weighted by Crippen LogP contribution is 2.47. The largest absolute Gasteiger partial charge is 0.504 e. The van der Waals surface area contributed by atoms with Crippen molar-refractivity contribution in [3.05, 3.63) is 76.1 Å². The quantitative estimate of drug-likeness (QED) is 0.381. The van der Waals surface area contributed by atoms with Crippen LogP contribution in [0.25, 0.3) is 0 Å². The summed E-state index contributed by atoms with van der Waals surface area (Å²) in [6.45, 7) is 4.36. The number of phenolic OH excluding ortho intramolecular Hbond substituents is 1. The summed E-state index contributed by atoms with van der Waals surface area (Å²) in [5.41, 5.74) is 4.04. The van der Waals surface area contributed by atoms with Crippen LogP contribution in [0.3, 0.4) is 0 Å². The highest BCUT2D eigenvalue weighted by Gasteiger charge is 2.41. The maximum Gasteiger partial charge on any atom is 0.336 e. The van der Waals surface area contributed by atoms with Crippen LogP contribution in [-0.2, 0) is 19.1 Å². The molecule has 2 aliphatic rings. The van der Waals surface area contributed by atoms with Crippen molar-refractivity contribution in [2.75, 3.05) is 34.0 Å². The Morgan fingerprint density at radius 2 is 1.78 bits per heavy atom. The lowest BCUT2D eigenvalue weighted by atomic mass is 9.71. The van der Waals surface area contributed by atoms with Gasteiger partial charge >= 0.3 is 5.97 Å². The summed E-state index contributed by atoms with van der Waals surface area (Å²) in [5.74, 6) is -0.176. The Kier molecular flexibility index (Phi) is 8.18. The molecule has 1 aliphatic heterocycles. The van der Waals surface area contributed by atoms with Crippen LogP contribution in [0.2, 0.25) is 0 Å². The number of ketones is 1. The third-order valence-electron chi connectivity index (χ3n) is 6.77. The van der Waals surface area contributed by atoms with Crippen LogP contribution < -0.4 is 14.8 Å². The van der Waals surface area contributed by atoms with Gasteiger partial charge in [0.2, 0.25) is 0 Å². The number of aromatic hydroxyl groups is 1. The number of hydrogen-bond acceptors (Lipinski definition) is 8. The van der Waals surface area contributed by atoms with E-state index < -0.39 is 11.9 Å².